The minimum absolute atomic E-state index is 0.121. The molecule has 0 spiro atoms. The summed E-state index contributed by atoms with van der Waals surface area (Å²) in [6.07, 6.45) is -2.71. The van der Waals surface area contributed by atoms with Gasteiger partial charge in [0.05, 0.1) is 23.3 Å². The van der Waals surface area contributed by atoms with Gasteiger partial charge in [0.25, 0.3) is 10.0 Å². The standard InChI is InChI=1S/C12H15F3N6O2S/c1-4-24(22,23)21-7(2)9(6-18-21)19-11-17-5-8(12(13,14)15)10(16-3)20-11/h5-6H,4H2,1-3H3,(H2,16,17,19,20). The number of rotatable bonds is 5. The van der Waals surface area contributed by atoms with Gasteiger partial charge in [0, 0.05) is 13.2 Å². The first-order valence-electron chi connectivity index (χ1n) is 6.77. The summed E-state index contributed by atoms with van der Waals surface area (Å²) in [5.74, 6) is -0.662. The number of hydrogen-bond donors (Lipinski definition) is 2. The minimum atomic E-state index is -4.59. The van der Waals surface area contributed by atoms with Gasteiger partial charge in [-0.25, -0.2) is 13.4 Å². The van der Waals surface area contributed by atoms with Crippen LogP contribution in [0, 0.1) is 6.92 Å². The fourth-order valence-electron chi connectivity index (χ4n) is 1.88. The summed E-state index contributed by atoms with van der Waals surface area (Å²) >= 11 is 0. The Balaban J connectivity index is 2.36. The fraction of sp³-hybridized carbons (Fsp3) is 0.417. The first-order valence-corrected chi connectivity index (χ1v) is 8.38. The Hall–Kier alpha value is -2.37. The molecule has 0 amide bonds. The molecule has 24 heavy (non-hydrogen) atoms. The number of hydrogen-bond acceptors (Lipinski definition) is 7. The Labute approximate surface area is 136 Å². The van der Waals surface area contributed by atoms with Crippen molar-refractivity contribution in [3.05, 3.63) is 23.7 Å². The summed E-state index contributed by atoms with van der Waals surface area (Å²) in [5.41, 5.74) is -0.461. The van der Waals surface area contributed by atoms with Gasteiger partial charge in [0.2, 0.25) is 5.95 Å². The smallest absolute Gasteiger partial charge is 0.372 e. The summed E-state index contributed by atoms with van der Waals surface area (Å²) in [6.45, 7) is 2.98. The molecule has 2 N–H and O–H groups in total. The third-order valence-corrected chi connectivity index (χ3v) is 4.80. The average Bonchev–Trinajstić information content (AvgIpc) is 2.87. The molecule has 0 fully saturated rings. The van der Waals surface area contributed by atoms with Crippen LogP contribution in [-0.2, 0) is 16.2 Å². The predicted molar refractivity (Wildman–Crippen MR) is 81.7 cm³/mol. The molecule has 0 aliphatic heterocycles. The second-order valence-electron chi connectivity index (χ2n) is 4.72. The molecule has 8 nitrogen and oxygen atoms in total. The largest absolute Gasteiger partial charge is 0.421 e. The van der Waals surface area contributed by atoms with E-state index >= 15 is 0 Å². The van der Waals surface area contributed by atoms with Gasteiger partial charge in [0.15, 0.2) is 0 Å². The van der Waals surface area contributed by atoms with Gasteiger partial charge in [0.1, 0.15) is 11.4 Å². The lowest BCUT2D eigenvalue weighted by atomic mass is 10.3. The molecule has 0 saturated heterocycles. The maximum atomic E-state index is 12.8. The molecule has 12 heteroatoms. The quantitative estimate of drug-likeness (QED) is 0.836. The zero-order valence-corrected chi connectivity index (χ0v) is 13.8. The van der Waals surface area contributed by atoms with E-state index in [9.17, 15) is 21.6 Å². The molecule has 2 aromatic heterocycles. The lowest BCUT2D eigenvalue weighted by molar-refractivity contribution is -0.137. The van der Waals surface area contributed by atoms with E-state index in [1.807, 2.05) is 0 Å². The molecule has 132 valence electrons. The lowest BCUT2D eigenvalue weighted by Gasteiger charge is -2.12. The van der Waals surface area contributed by atoms with Crippen LogP contribution in [0.25, 0.3) is 0 Å². The fourth-order valence-corrected chi connectivity index (χ4v) is 2.83. The Morgan fingerprint density at radius 2 is 1.96 bits per heavy atom. The van der Waals surface area contributed by atoms with Crippen LogP contribution in [0.4, 0.5) is 30.6 Å². The molecule has 2 aromatic rings. The van der Waals surface area contributed by atoms with E-state index in [1.54, 1.807) is 0 Å². The van der Waals surface area contributed by atoms with Crippen LogP contribution >= 0.6 is 0 Å². The highest BCUT2D eigenvalue weighted by Gasteiger charge is 2.35. The second-order valence-corrected chi connectivity index (χ2v) is 6.80. The van der Waals surface area contributed by atoms with Crippen molar-refractivity contribution in [2.24, 2.45) is 0 Å². The first kappa shape index (κ1) is 18.0. The first-order chi connectivity index (χ1) is 11.1. The van der Waals surface area contributed by atoms with Crippen LogP contribution in [-0.4, -0.2) is 40.4 Å². The van der Waals surface area contributed by atoms with Crippen LogP contribution in [0.2, 0.25) is 0 Å². The highest BCUT2D eigenvalue weighted by molar-refractivity contribution is 7.89. The van der Waals surface area contributed by atoms with Gasteiger partial charge in [-0.05, 0) is 13.8 Å². The molecule has 0 aliphatic carbocycles. The maximum Gasteiger partial charge on any atom is 0.421 e. The number of nitrogens with one attached hydrogen (secondary N) is 2. The molecule has 0 saturated carbocycles. The molecule has 2 heterocycles. The van der Waals surface area contributed by atoms with Crippen LogP contribution in [0.1, 0.15) is 18.2 Å². The SMILES string of the molecule is CCS(=O)(=O)n1ncc(Nc2ncc(C(F)(F)F)c(NC)n2)c1C. The predicted octanol–water partition coefficient (Wildman–Crippen LogP) is 1.98. The third kappa shape index (κ3) is 3.42. The molecular formula is C12H15F3N6O2S. The van der Waals surface area contributed by atoms with E-state index in [-0.39, 0.29) is 23.1 Å². The van der Waals surface area contributed by atoms with Crippen molar-refractivity contribution in [1.82, 2.24) is 19.2 Å². The Bertz CT molecular complexity index is 847. The van der Waals surface area contributed by atoms with E-state index in [2.05, 4.69) is 25.7 Å². The van der Waals surface area contributed by atoms with Crippen molar-refractivity contribution in [2.45, 2.75) is 20.0 Å². The number of aromatic nitrogens is 4. The molecule has 0 aromatic carbocycles. The molecule has 2 rings (SSSR count). The van der Waals surface area contributed by atoms with Crippen molar-refractivity contribution in [3.8, 4) is 0 Å². The van der Waals surface area contributed by atoms with E-state index < -0.39 is 27.6 Å². The number of anilines is 3. The number of nitrogens with zero attached hydrogens (tertiary/aromatic N) is 4. The van der Waals surface area contributed by atoms with Gasteiger partial charge in [-0.2, -0.15) is 27.3 Å². The Morgan fingerprint density at radius 1 is 1.29 bits per heavy atom. The Morgan fingerprint density at radius 3 is 2.50 bits per heavy atom. The van der Waals surface area contributed by atoms with Crippen molar-refractivity contribution in [2.75, 3.05) is 23.4 Å². The molecule has 0 unspecified atom stereocenters. The summed E-state index contributed by atoms with van der Waals surface area (Å²) in [7, 11) is -2.27. The maximum absolute atomic E-state index is 12.8. The Kier molecular flexibility index (Phi) is 4.69. The van der Waals surface area contributed by atoms with E-state index in [0.29, 0.717) is 6.20 Å². The van der Waals surface area contributed by atoms with Crippen molar-refractivity contribution >= 4 is 27.5 Å². The molecule has 0 bridgehead atoms. The van der Waals surface area contributed by atoms with Crippen molar-refractivity contribution in [3.63, 3.8) is 0 Å². The lowest BCUT2D eigenvalue weighted by Crippen LogP contribution is -2.17. The summed E-state index contributed by atoms with van der Waals surface area (Å²) in [4.78, 5) is 7.36. The van der Waals surface area contributed by atoms with Crippen LogP contribution in [0.5, 0.6) is 0 Å². The summed E-state index contributed by atoms with van der Waals surface area (Å²) < 4.78 is 63.0. The van der Waals surface area contributed by atoms with Crippen molar-refractivity contribution in [1.29, 1.82) is 0 Å². The molecule has 0 atom stereocenters. The van der Waals surface area contributed by atoms with E-state index in [4.69, 9.17) is 0 Å². The van der Waals surface area contributed by atoms with E-state index in [0.717, 1.165) is 4.09 Å². The zero-order chi connectivity index (χ0) is 18.1. The molecular weight excluding hydrogens is 349 g/mol. The molecule has 0 radical (unpaired) electrons. The summed E-state index contributed by atoms with van der Waals surface area (Å²) in [6, 6.07) is 0. The second kappa shape index (κ2) is 6.26. The van der Waals surface area contributed by atoms with Gasteiger partial charge >= 0.3 is 6.18 Å². The van der Waals surface area contributed by atoms with Gasteiger partial charge < -0.3 is 10.6 Å². The van der Waals surface area contributed by atoms with Crippen LogP contribution in [0.3, 0.4) is 0 Å². The zero-order valence-electron chi connectivity index (χ0n) is 13.0. The highest BCUT2D eigenvalue weighted by atomic mass is 32.2. The number of alkyl halides is 3. The monoisotopic (exact) mass is 364 g/mol. The van der Waals surface area contributed by atoms with Gasteiger partial charge in [-0.3, -0.25) is 0 Å². The highest BCUT2D eigenvalue weighted by Crippen LogP contribution is 2.33. The van der Waals surface area contributed by atoms with E-state index in [1.165, 1.54) is 27.1 Å². The normalized spacial score (nSPS) is 12.2. The average molecular weight is 364 g/mol. The van der Waals surface area contributed by atoms with Crippen molar-refractivity contribution < 1.29 is 21.6 Å². The topological polar surface area (TPSA) is 102 Å². The number of halogens is 3. The third-order valence-electron chi connectivity index (χ3n) is 3.17. The van der Waals surface area contributed by atoms with Crippen LogP contribution in [0.15, 0.2) is 12.4 Å². The summed E-state index contributed by atoms with van der Waals surface area (Å²) in [5, 5.41) is 8.79. The van der Waals surface area contributed by atoms with Gasteiger partial charge in [-0.1, -0.05) is 0 Å². The van der Waals surface area contributed by atoms with Gasteiger partial charge in [-0.15, -0.1) is 0 Å². The minimum Gasteiger partial charge on any atom is -0.372 e. The molecule has 0 aliphatic rings. The van der Waals surface area contributed by atoms with Crippen LogP contribution < -0.4 is 10.6 Å².